The molecule has 0 aliphatic heterocycles. The highest BCUT2D eigenvalue weighted by molar-refractivity contribution is 7.99. The van der Waals surface area contributed by atoms with Crippen molar-refractivity contribution in [2.75, 3.05) is 5.75 Å². The summed E-state index contributed by atoms with van der Waals surface area (Å²) in [5, 5.41) is 6.12. The summed E-state index contributed by atoms with van der Waals surface area (Å²) in [6.07, 6.45) is 8.24. The fourth-order valence-corrected chi connectivity index (χ4v) is 4.18. The molecule has 1 heterocycles. The number of hydrogen-bond donors (Lipinski definition) is 2. The third kappa shape index (κ3) is 5.35. The number of aryl methyl sites for hydroxylation is 2. The van der Waals surface area contributed by atoms with Crippen LogP contribution in [0, 0.1) is 13.8 Å². The van der Waals surface area contributed by atoms with Crippen LogP contribution in [0.5, 0.6) is 0 Å². The Morgan fingerprint density at radius 1 is 1.26 bits per heavy atom. The lowest BCUT2D eigenvalue weighted by Crippen LogP contribution is -2.43. The SMILES string of the molecule is Cc1ccc(C)c(-n2ccnc2SCCC(=O)NC(=O)NC2CCCC2)c1. The molecule has 1 aromatic carbocycles. The van der Waals surface area contributed by atoms with Crippen molar-refractivity contribution < 1.29 is 9.59 Å². The third-order valence-corrected chi connectivity index (χ3v) is 5.70. The highest BCUT2D eigenvalue weighted by Crippen LogP contribution is 2.24. The van der Waals surface area contributed by atoms with Crippen molar-refractivity contribution in [3.63, 3.8) is 0 Å². The van der Waals surface area contributed by atoms with E-state index in [9.17, 15) is 9.59 Å². The Bertz CT molecular complexity index is 812. The predicted molar refractivity (Wildman–Crippen MR) is 107 cm³/mol. The zero-order valence-corrected chi connectivity index (χ0v) is 16.6. The molecule has 0 unspecified atom stereocenters. The van der Waals surface area contributed by atoms with Crippen LogP contribution in [0.4, 0.5) is 4.79 Å². The van der Waals surface area contributed by atoms with E-state index in [4.69, 9.17) is 0 Å². The summed E-state index contributed by atoms with van der Waals surface area (Å²) >= 11 is 1.51. The summed E-state index contributed by atoms with van der Waals surface area (Å²) in [4.78, 5) is 28.2. The smallest absolute Gasteiger partial charge is 0.321 e. The Morgan fingerprint density at radius 3 is 2.81 bits per heavy atom. The minimum atomic E-state index is -0.381. The normalized spacial score (nSPS) is 14.3. The molecule has 0 saturated heterocycles. The summed E-state index contributed by atoms with van der Waals surface area (Å²) in [6, 6.07) is 6.13. The van der Waals surface area contributed by atoms with Crippen LogP contribution in [0.15, 0.2) is 35.7 Å². The van der Waals surface area contributed by atoms with E-state index >= 15 is 0 Å². The Morgan fingerprint density at radius 2 is 2.04 bits per heavy atom. The highest BCUT2D eigenvalue weighted by atomic mass is 32.2. The number of hydrogen-bond acceptors (Lipinski definition) is 4. The number of benzene rings is 1. The molecule has 0 bridgehead atoms. The maximum Gasteiger partial charge on any atom is 0.321 e. The zero-order valence-electron chi connectivity index (χ0n) is 15.8. The van der Waals surface area contributed by atoms with Gasteiger partial charge in [0.1, 0.15) is 0 Å². The van der Waals surface area contributed by atoms with Gasteiger partial charge in [-0.05, 0) is 43.9 Å². The Hall–Kier alpha value is -2.28. The molecule has 3 rings (SSSR count). The van der Waals surface area contributed by atoms with Gasteiger partial charge < -0.3 is 5.32 Å². The van der Waals surface area contributed by atoms with Crippen molar-refractivity contribution in [3.05, 3.63) is 41.7 Å². The molecule has 2 N–H and O–H groups in total. The number of imide groups is 1. The van der Waals surface area contributed by atoms with Crippen molar-refractivity contribution in [1.29, 1.82) is 0 Å². The van der Waals surface area contributed by atoms with Crippen molar-refractivity contribution in [3.8, 4) is 5.69 Å². The van der Waals surface area contributed by atoms with E-state index < -0.39 is 0 Å². The number of urea groups is 1. The molecule has 1 aliphatic rings. The first-order chi connectivity index (χ1) is 13.0. The molecule has 1 fully saturated rings. The van der Waals surface area contributed by atoms with Gasteiger partial charge in [-0.2, -0.15) is 0 Å². The third-order valence-electron chi connectivity index (χ3n) is 4.73. The van der Waals surface area contributed by atoms with Gasteiger partial charge in [0.25, 0.3) is 0 Å². The first-order valence-corrected chi connectivity index (χ1v) is 10.4. The number of carbonyl (C=O) groups excluding carboxylic acids is 2. The number of aromatic nitrogens is 2. The fraction of sp³-hybridized carbons (Fsp3) is 0.450. The highest BCUT2D eigenvalue weighted by Gasteiger charge is 2.18. The van der Waals surface area contributed by atoms with Crippen molar-refractivity contribution in [2.24, 2.45) is 0 Å². The maximum atomic E-state index is 12.0. The number of nitrogens with zero attached hydrogens (tertiary/aromatic N) is 2. The second kappa shape index (κ2) is 9.08. The predicted octanol–water partition coefficient (Wildman–Crippen LogP) is 3.74. The van der Waals surface area contributed by atoms with Crippen molar-refractivity contribution >= 4 is 23.7 Å². The van der Waals surface area contributed by atoms with E-state index in [1.54, 1.807) is 6.20 Å². The molecule has 1 saturated carbocycles. The maximum absolute atomic E-state index is 12.0. The first kappa shape index (κ1) is 19.5. The van der Waals surface area contributed by atoms with Crippen LogP contribution in [-0.2, 0) is 4.79 Å². The monoisotopic (exact) mass is 386 g/mol. The largest absolute Gasteiger partial charge is 0.335 e. The van der Waals surface area contributed by atoms with Crippen LogP contribution in [0.1, 0.15) is 43.2 Å². The Balaban J connectivity index is 1.49. The topological polar surface area (TPSA) is 76.0 Å². The standard InChI is InChI=1S/C20H26N4O2S/c1-14-7-8-15(2)17(13-14)24-11-10-21-20(24)27-12-9-18(25)23-19(26)22-16-5-3-4-6-16/h7-8,10-11,13,16H,3-6,9,12H2,1-2H3,(H2,22,23,25,26). The lowest BCUT2D eigenvalue weighted by molar-refractivity contribution is -0.119. The second-order valence-electron chi connectivity index (χ2n) is 6.97. The average molecular weight is 387 g/mol. The molecular weight excluding hydrogens is 360 g/mol. The number of imidazole rings is 1. The number of rotatable bonds is 6. The molecule has 7 heteroatoms. The Kier molecular flexibility index (Phi) is 6.55. The molecule has 1 aromatic heterocycles. The molecule has 0 atom stereocenters. The summed E-state index contributed by atoms with van der Waals surface area (Å²) < 4.78 is 2.04. The molecule has 0 spiro atoms. The van der Waals surface area contributed by atoms with Gasteiger partial charge in [-0.3, -0.25) is 14.7 Å². The summed E-state index contributed by atoms with van der Waals surface area (Å²) in [6.45, 7) is 4.13. The Labute approximate surface area is 164 Å². The van der Waals surface area contributed by atoms with Crippen LogP contribution >= 0.6 is 11.8 Å². The van der Waals surface area contributed by atoms with Crippen molar-refractivity contribution in [2.45, 2.75) is 57.1 Å². The molecular formula is C20H26N4O2S. The van der Waals surface area contributed by atoms with Gasteiger partial charge >= 0.3 is 6.03 Å². The number of nitrogens with one attached hydrogen (secondary N) is 2. The van der Waals surface area contributed by atoms with Gasteiger partial charge in [0.05, 0.1) is 5.69 Å². The van der Waals surface area contributed by atoms with Gasteiger partial charge in [-0.15, -0.1) is 0 Å². The van der Waals surface area contributed by atoms with Gasteiger partial charge in [-0.1, -0.05) is 36.7 Å². The van der Waals surface area contributed by atoms with Gasteiger partial charge in [0.2, 0.25) is 5.91 Å². The average Bonchev–Trinajstić information content (AvgIpc) is 3.29. The van der Waals surface area contributed by atoms with E-state index in [-0.39, 0.29) is 24.4 Å². The van der Waals surface area contributed by atoms with Crippen LogP contribution in [0.3, 0.4) is 0 Å². The number of amides is 3. The van der Waals surface area contributed by atoms with E-state index in [1.807, 2.05) is 10.8 Å². The van der Waals surface area contributed by atoms with Crippen LogP contribution in [0.2, 0.25) is 0 Å². The summed E-state index contributed by atoms with van der Waals surface area (Å²) in [5.41, 5.74) is 3.45. The van der Waals surface area contributed by atoms with E-state index in [1.165, 1.54) is 22.9 Å². The molecule has 1 aliphatic carbocycles. The zero-order chi connectivity index (χ0) is 19.2. The fourth-order valence-electron chi connectivity index (χ4n) is 3.27. The van der Waals surface area contributed by atoms with E-state index in [0.29, 0.717) is 5.75 Å². The van der Waals surface area contributed by atoms with E-state index in [0.717, 1.165) is 36.5 Å². The molecule has 0 radical (unpaired) electrons. The number of thioether (sulfide) groups is 1. The molecule has 6 nitrogen and oxygen atoms in total. The molecule has 2 aromatic rings. The molecule has 27 heavy (non-hydrogen) atoms. The number of carbonyl (C=O) groups is 2. The molecule has 3 amide bonds. The van der Waals surface area contributed by atoms with Crippen molar-refractivity contribution in [1.82, 2.24) is 20.2 Å². The minimum absolute atomic E-state index is 0.206. The van der Waals surface area contributed by atoms with Crippen LogP contribution in [-0.4, -0.2) is 33.3 Å². The van der Waals surface area contributed by atoms with Gasteiger partial charge in [0, 0.05) is 30.6 Å². The molecule has 144 valence electrons. The summed E-state index contributed by atoms with van der Waals surface area (Å²) in [5.74, 6) is 0.299. The quantitative estimate of drug-likeness (QED) is 0.742. The first-order valence-electron chi connectivity index (χ1n) is 9.37. The van der Waals surface area contributed by atoms with Crippen LogP contribution in [0.25, 0.3) is 5.69 Å². The lowest BCUT2D eigenvalue weighted by Gasteiger charge is -2.12. The minimum Gasteiger partial charge on any atom is -0.335 e. The lowest BCUT2D eigenvalue weighted by atomic mass is 10.1. The van der Waals surface area contributed by atoms with Crippen LogP contribution < -0.4 is 10.6 Å². The van der Waals surface area contributed by atoms with E-state index in [2.05, 4.69) is 47.7 Å². The van der Waals surface area contributed by atoms with Gasteiger partial charge in [0.15, 0.2) is 5.16 Å². The van der Waals surface area contributed by atoms with Gasteiger partial charge in [-0.25, -0.2) is 9.78 Å². The summed E-state index contributed by atoms with van der Waals surface area (Å²) in [7, 11) is 0. The second-order valence-corrected chi connectivity index (χ2v) is 8.03.